The Bertz CT molecular complexity index is 698. The number of pyridine rings is 1. The second kappa shape index (κ2) is 12.9. The predicted molar refractivity (Wildman–Crippen MR) is 129 cm³/mol. The van der Waals surface area contributed by atoms with Crippen molar-refractivity contribution in [2.75, 3.05) is 38.1 Å². The Labute approximate surface area is 195 Å². The number of hydrogen-bond acceptors (Lipinski definition) is 4. The minimum atomic E-state index is -0.292. The van der Waals surface area contributed by atoms with Crippen LogP contribution in [0.4, 0.5) is 10.2 Å². The lowest BCUT2D eigenvalue weighted by molar-refractivity contribution is -0.122. The number of nitrogens with zero attached hydrogens (tertiary/aromatic N) is 3. The molecule has 0 radical (unpaired) electrons. The molecule has 1 amide bonds. The molecule has 2 heterocycles. The highest BCUT2D eigenvalue weighted by atomic mass is 127. The number of aliphatic imine (C=N–C) groups is 1. The fraction of sp³-hybridized carbons (Fsp3) is 0.667. The molecule has 1 unspecified atom stereocenters. The van der Waals surface area contributed by atoms with Gasteiger partial charge in [0.05, 0.1) is 0 Å². The molecule has 1 saturated heterocycles. The van der Waals surface area contributed by atoms with Gasteiger partial charge in [-0.15, -0.1) is 24.0 Å². The molecule has 1 aliphatic heterocycles. The molecule has 2 aliphatic rings. The second-order valence-corrected chi connectivity index (χ2v) is 7.94. The molecule has 1 atom stereocenters. The van der Waals surface area contributed by atoms with Crippen LogP contribution in [0.5, 0.6) is 0 Å². The van der Waals surface area contributed by atoms with Gasteiger partial charge in [-0.25, -0.2) is 9.37 Å². The summed E-state index contributed by atoms with van der Waals surface area (Å²) in [5.74, 6) is 1.51. The van der Waals surface area contributed by atoms with E-state index in [0.717, 1.165) is 13.0 Å². The number of carbonyl (C=O) groups is 1. The summed E-state index contributed by atoms with van der Waals surface area (Å²) in [7, 11) is 1.72. The Morgan fingerprint density at radius 2 is 2.00 bits per heavy atom. The molecule has 0 aromatic carbocycles. The van der Waals surface area contributed by atoms with Crippen molar-refractivity contribution in [1.82, 2.24) is 20.9 Å². The first-order valence-corrected chi connectivity index (χ1v) is 10.7. The van der Waals surface area contributed by atoms with Gasteiger partial charge in [-0.3, -0.25) is 9.79 Å². The number of hydrogen-bond donors (Lipinski definition) is 3. The highest BCUT2D eigenvalue weighted by molar-refractivity contribution is 14.0. The summed E-state index contributed by atoms with van der Waals surface area (Å²) >= 11 is 0. The van der Waals surface area contributed by atoms with Crippen LogP contribution in [0, 0.1) is 11.7 Å². The smallest absolute Gasteiger partial charge is 0.220 e. The number of anilines is 1. The molecule has 0 spiro atoms. The minimum absolute atomic E-state index is 0. The van der Waals surface area contributed by atoms with Crippen LogP contribution in [-0.4, -0.2) is 56.1 Å². The Hall–Kier alpha value is -1.65. The number of aromatic nitrogens is 1. The maximum absolute atomic E-state index is 13.9. The average molecular weight is 532 g/mol. The van der Waals surface area contributed by atoms with Crippen molar-refractivity contribution in [2.45, 2.75) is 51.0 Å². The van der Waals surface area contributed by atoms with Crippen molar-refractivity contribution in [1.29, 1.82) is 0 Å². The van der Waals surface area contributed by atoms with Gasteiger partial charge in [0.25, 0.3) is 0 Å². The first-order valence-electron chi connectivity index (χ1n) is 10.7. The van der Waals surface area contributed by atoms with Crippen LogP contribution < -0.4 is 20.9 Å². The van der Waals surface area contributed by atoms with Gasteiger partial charge in [-0.1, -0.05) is 19.3 Å². The fourth-order valence-electron chi connectivity index (χ4n) is 4.18. The third-order valence-electron chi connectivity index (χ3n) is 5.73. The van der Waals surface area contributed by atoms with Crippen LogP contribution in [0.15, 0.2) is 23.3 Å². The monoisotopic (exact) mass is 532 g/mol. The van der Waals surface area contributed by atoms with E-state index in [0.29, 0.717) is 43.8 Å². The lowest BCUT2D eigenvalue weighted by Crippen LogP contribution is -2.46. The van der Waals surface area contributed by atoms with Crippen molar-refractivity contribution < 1.29 is 9.18 Å². The van der Waals surface area contributed by atoms with Crippen LogP contribution in [0.2, 0.25) is 0 Å². The first kappa shape index (κ1) is 24.6. The van der Waals surface area contributed by atoms with Crippen LogP contribution in [0.25, 0.3) is 0 Å². The van der Waals surface area contributed by atoms with Crippen molar-refractivity contribution in [3.05, 3.63) is 24.1 Å². The molecular formula is C21H34FIN6O. The summed E-state index contributed by atoms with van der Waals surface area (Å²) < 4.78 is 13.9. The van der Waals surface area contributed by atoms with Gasteiger partial charge in [0.2, 0.25) is 5.91 Å². The van der Waals surface area contributed by atoms with Gasteiger partial charge in [0, 0.05) is 51.9 Å². The molecule has 168 valence electrons. The first-order chi connectivity index (χ1) is 14.2. The highest BCUT2D eigenvalue weighted by Gasteiger charge is 2.26. The number of halogens is 2. The molecule has 3 N–H and O–H groups in total. The predicted octanol–water partition coefficient (Wildman–Crippen LogP) is 2.67. The number of rotatable bonds is 7. The van der Waals surface area contributed by atoms with Gasteiger partial charge in [-0.2, -0.15) is 0 Å². The van der Waals surface area contributed by atoms with Crippen LogP contribution in [0.1, 0.15) is 44.9 Å². The Morgan fingerprint density at radius 3 is 2.73 bits per heavy atom. The number of nitrogens with one attached hydrogen (secondary N) is 3. The summed E-state index contributed by atoms with van der Waals surface area (Å²) in [5.41, 5.74) is 0. The van der Waals surface area contributed by atoms with E-state index in [1.807, 2.05) is 4.90 Å². The maximum Gasteiger partial charge on any atom is 0.220 e. The average Bonchev–Trinajstić information content (AvgIpc) is 3.19. The largest absolute Gasteiger partial charge is 0.355 e. The maximum atomic E-state index is 13.9. The quantitative estimate of drug-likeness (QED) is 0.218. The summed E-state index contributed by atoms with van der Waals surface area (Å²) in [5, 5.41) is 9.61. The van der Waals surface area contributed by atoms with E-state index in [1.54, 1.807) is 19.3 Å². The molecular weight excluding hydrogens is 498 g/mol. The molecule has 1 saturated carbocycles. The Morgan fingerprint density at radius 1 is 1.23 bits per heavy atom. The molecule has 3 rings (SSSR count). The van der Waals surface area contributed by atoms with Crippen LogP contribution in [0.3, 0.4) is 0 Å². The van der Waals surface area contributed by atoms with Gasteiger partial charge in [0.1, 0.15) is 0 Å². The fourth-order valence-corrected chi connectivity index (χ4v) is 4.18. The zero-order chi connectivity index (χ0) is 20.5. The van der Waals surface area contributed by atoms with E-state index in [-0.39, 0.29) is 41.7 Å². The van der Waals surface area contributed by atoms with Gasteiger partial charge < -0.3 is 20.9 Å². The van der Waals surface area contributed by atoms with Crippen LogP contribution in [-0.2, 0) is 4.79 Å². The molecule has 1 aromatic heterocycles. The lowest BCUT2D eigenvalue weighted by Gasteiger charge is -2.21. The minimum Gasteiger partial charge on any atom is -0.355 e. The standard InChI is InChI=1S/C21H33FN6O.HI/c1-23-21(26-12-11-24-19(29)14-16-6-3-2-4-7-16)27-17-9-13-28(15-17)20-18(22)8-5-10-25-20;/h5,8,10,16-17H,2-4,6-7,9,11-15H2,1H3,(H,24,29)(H2,23,26,27);1H. The zero-order valence-electron chi connectivity index (χ0n) is 17.7. The summed E-state index contributed by atoms with van der Waals surface area (Å²) in [4.78, 5) is 22.4. The molecule has 1 aliphatic carbocycles. The molecule has 2 fully saturated rings. The third-order valence-corrected chi connectivity index (χ3v) is 5.73. The topological polar surface area (TPSA) is 81.6 Å². The normalized spacial score (nSPS) is 19.9. The molecule has 1 aromatic rings. The highest BCUT2D eigenvalue weighted by Crippen LogP contribution is 2.26. The molecule has 9 heteroatoms. The zero-order valence-corrected chi connectivity index (χ0v) is 20.0. The summed E-state index contributed by atoms with van der Waals surface area (Å²) in [6.45, 7) is 2.61. The number of amides is 1. The van der Waals surface area contributed by atoms with E-state index < -0.39 is 0 Å². The third kappa shape index (κ3) is 7.55. The summed E-state index contributed by atoms with van der Waals surface area (Å²) in [6, 6.07) is 3.21. The molecule has 7 nitrogen and oxygen atoms in total. The summed E-state index contributed by atoms with van der Waals surface area (Å²) in [6.07, 6.45) is 9.34. The Kier molecular flexibility index (Phi) is 10.6. The van der Waals surface area contributed by atoms with E-state index in [2.05, 4.69) is 25.9 Å². The van der Waals surface area contributed by atoms with Crippen molar-refractivity contribution in [3.63, 3.8) is 0 Å². The number of guanidine groups is 1. The second-order valence-electron chi connectivity index (χ2n) is 7.94. The molecule has 30 heavy (non-hydrogen) atoms. The Balaban J connectivity index is 0.00000320. The van der Waals surface area contributed by atoms with E-state index in [1.165, 1.54) is 38.2 Å². The van der Waals surface area contributed by atoms with Gasteiger partial charge >= 0.3 is 0 Å². The van der Waals surface area contributed by atoms with Gasteiger partial charge in [0.15, 0.2) is 17.6 Å². The van der Waals surface area contributed by atoms with Gasteiger partial charge in [-0.05, 0) is 37.3 Å². The van der Waals surface area contributed by atoms with Crippen LogP contribution >= 0.6 is 24.0 Å². The SMILES string of the molecule is CN=C(NCCNC(=O)CC1CCCCC1)NC1CCN(c2ncccc2F)C1.I. The lowest BCUT2D eigenvalue weighted by atomic mass is 9.87. The van der Waals surface area contributed by atoms with E-state index in [9.17, 15) is 9.18 Å². The van der Waals surface area contributed by atoms with Crippen molar-refractivity contribution >= 4 is 41.7 Å². The van der Waals surface area contributed by atoms with Crippen molar-refractivity contribution in [2.24, 2.45) is 10.9 Å². The van der Waals surface area contributed by atoms with E-state index in [4.69, 9.17) is 0 Å². The number of carbonyl (C=O) groups excluding carboxylic acids is 1. The van der Waals surface area contributed by atoms with E-state index >= 15 is 0 Å². The molecule has 0 bridgehead atoms. The van der Waals surface area contributed by atoms with Crippen molar-refractivity contribution in [3.8, 4) is 0 Å².